The number of aliphatic hydroxyl groups excluding tert-OH is 1. The fourth-order valence-electron chi connectivity index (χ4n) is 3.61. The number of hydrogen-bond donors (Lipinski definition) is 1. The van der Waals surface area contributed by atoms with Crippen molar-refractivity contribution < 1.29 is 14.6 Å². The van der Waals surface area contributed by atoms with Crippen LogP contribution in [0.3, 0.4) is 0 Å². The minimum atomic E-state index is -0.896. The third-order valence-corrected chi connectivity index (χ3v) is 5.16. The number of allylic oxidation sites excluding steroid dienone is 2. The number of hydrogen-bond acceptors (Lipinski definition) is 6. The van der Waals surface area contributed by atoms with Crippen molar-refractivity contribution in [3.05, 3.63) is 66.3 Å². The second-order valence-electron chi connectivity index (χ2n) is 7.51. The van der Waals surface area contributed by atoms with Crippen molar-refractivity contribution in [2.75, 3.05) is 0 Å². The molecule has 2 unspecified atom stereocenters. The maximum absolute atomic E-state index is 10.9. The Morgan fingerprint density at radius 2 is 1.93 bits per heavy atom. The van der Waals surface area contributed by atoms with Crippen LogP contribution in [0, 0.1) is 17.2 Å². The Hall–Kier alpha value is -3.01. The van der Waals surface area contributed by atoms with Crippen LogP contribution in [0.15, 0.2) is 66.3 Å². The highest BCUT2D eigenvalue weighted by Crippen LogP contribution is 2.38. The monoisotopic (exact) mass is 375 g/mol. The Morgan fingerprint density at radius 3 is 2.61 bits per heavy atom. The van der Waals surface area contributed by atoms with Gasteiger partial charge in [-0.05, 0) is 26.0 Å². The molecule has 4 rings (SSSR count). The van der Waals surface area contributed by atoms with Crippen molar-refractivity contribution in [2.45, 2.75) is 37.8 Å². The summed E-state index contributed by atoms with van der Waals surface area (Å²) in [6.45, 7) is 3.65. The summed E-state index contributed by atoms with van der Waals surface area (Å²) in [7, 11) is 0. The molecule has 6 heteroatoms. The molecule has 6 nitrogen and oxygen atoms in total. The van der Waals surface area contributed by atoms with Gasteiger partial charge in [0, 0.05) is 23.1 Å². The average Bonchev–Trinajstić information content (AvgIpc) is 2.72. The van der Waals surface area contributed by atoms with Gasteiger partial charge in [-0.2, -0.15) is 5.26 Å². The SMILES string of the molecule is CC1(C)OC2C=CC(C#N)=CC2[C@@H](Oc2ccc(-c3ccccc3)nn2)[C@@H]1O. The second-order valence-corrected chi connectivity index (χ2v) is 7.51. The first-order valence-electron chi connectivity index (χ1n) is 9.20. The molecule has 2 aromatic rings. The fraction of sp³-hybridized carbons (Fsp3) is 0.318. The quantitative estimate of drug-likeness (QED) is 0.887. The largest absolute Gasteiger partial charge is 0.470 e. The summed E-state index contributed by atoms with van der Waals surface area (Å²) < 4.78 is 12.1. The van der Waals surface area contributed by atoms with Crippen LogP contribution < -0.4 is 4.74 Å². The predicted molar refractivity (Wildman–Crippen MR) is 103 cm³/mol. The molecule has 1 saturated heterocycles. The van der Waals surface area contributed by atoms with Crippen LogP contribution in [0.2, 0.25) is 0 Å². The molecule has 0 bridgehead atoms. The molecule has 1 aliphatic heterocycles. The number of nitriles is 1. The third kappa shape index (κ3) is 3.42. The zero-order valence-corrected chi connectivity index (χ0v) is 15.7. The van der Waals surface area contributed by atoms with Crippen LogP contribution in [-0.2, 0) is 4.74 Å². The van der Waals surface area contributed by atoms with Gasteiger partial charge in [0.2, 0.25) is 5.88 Å². The standard InChI is InChI=1S/C22H21N3O3/c1-22(2)21(26)20(16-12-14(13-23)8-10-18(16)28-22)27-19-11-9-17(24-25-19)15-6-4-3-5-7-15/h3-12,16,18,20-21,26H,1-2H3/t16?,18?,20-,21+/m1/s1. The van der Waals surface area contributed by atoms with Gasteiger partial charge in [0.15, 0.2) is 0 Å². The Kier molecular flexibility index (Phi) is 4.71. The average molecular weight is 375 g/mol. The molecule has 1 fully saturated rings. The van der Waals surface area contributed by atoms with Gasteiger partial charge in [-0.15, -0.1) is 10.2 Å². The third-order valence-electron chi connectivity index (χ3n) is 5.16. The lowest BCUT2D eigenvalue weighted by molar-refractivity contribution is -0.212. The number of aromatic nitrogens is 2. The molecule has 0 amide bonds. The van der Waals surface area contributed by atoms with Gasteiger partial charge in [0.1, 0.15) is 12.2 Å². The number of benzene rings is 1. The van der Waals surface area contributed by atoms with Crippen LogP contribution >= 0.6 is 0 Å². The van der Waals surface area contributed by atoms with Crippen LogP contribution in [0.25, 0.3) is 11.3 Å². The van der Waals surface area contributed by atoms with Crippen molar-refractivity contribution in [1.29, 1.82) is 5.26 Å². The van der Waals surface area contributed by atoms with E-state index in [0.29, 0.717) is 11.5 Å². The van der Waals surface area contributed by atoms with E-state index < -0.39 is 17.8 Å². The van der Waals surface area contributed by atoms with E-state index in [1.54, 1.807) is 18.2 Å². The van der Waals surface area contributed by atoms with Crippen molar-refractivity contribution in [3.8, 4) is 23.2 Å². The summed E-state index contributed by atoms with van der Waals surface area (Å²) in [5, 5.41) is 28.5. The van der Waals surface area contributed by atoms with Crippen molar-refractivity contribution in [3.63, 3.8) is 0 Å². The van der Waals surface area contributed by atoms with Crippen molar-refractivity contribution in [1.82, 2.24) is 10.2 Å². The summed E-state index contributed by atoms with van der Waals surface area (Å²) in [5.41, 5.74) is 1.43. The molecule has 142 valence electrons. The lowest BCUT2D eigenvalue weighted by Gasteiger charge is -2.48. The Bertz CT molecular complexity index is 945. The first-order valence-corrected chi connectivity index (χ1v) is 9.20. The summed E-state index contributed by atoms with van der Waals surface area (Å²) >= 11 is 0. The van der Waals surface area contributed by atoms with Gasteiger partial charge in [-0.1, -0.05) is 42.5 Å². The molecule has 1 aliphatic carbocycles. The van der Waals surface area contributed by atoms with Gasteiger partial charge in [0.05, 0.1) is 23.5 Å². The molecule has 0 radical (unpaired) electrons. The van der Waals surface area contributed by atoms with E-state index >= 15 is 0 Å². The Balaban J connectivity index is 1.60. The Labute approximate surface area is 163 Å². The van der Waals surface area contributed by atoms with E-state index in [2.05, 4.69) is 16.3 Å². The molecule has 4 atom stereocenters. The first kappa shape index (κ1) is 18.4. The Morgan fingerprint density at radius 1 is 1.14 bits per heavy atom. The van der Waals surface area contributed by atoms with Crippen LogP contribution in [0.1, 0.15) is 13.8 Å². The van der Waals surface area contributed by atoms with Crippen LogP contribution in [-0.4, -0.2) is 39.2 Å². The molecule has 2 aliphatic rings. The topological polar surface area (TPSA) is 88.3 Å². The maximum Gasteiger partial charge on any atom is 0.233 e. The van der Waals surface area contributed by atoms with E-state index in [9.17, 15) is 10.4 Å². The van der Waals surface area contributed by atoms with Crippen molar-refractivity contribution in [2.24, 2.45) is 5.92 Å². The highest BCUT2D eigenvalue weighted by molar-refractivity contribution is 5.58. The molecular formula is C22H21N3O3. The van der Waals surface area contributed by atoms with Crippen LogP contribution in [0.4, 0.5) is 0 Å². The number of rotatable bonds is 3. The summed E-state index contributed by atoms with van der Waals surface area (Å²) in [4.78, 5) is 0. The first-order chi connectivity index (χ1) is 13.5. The second kappa shape index (κ2) is 7.19. The smallest absolute Gasteiger partial charge is 0.233 e. The lowest BCUT2D eigenvalue weighted by Crippen LogP contribution is -2.60. The minimum absolute atomic E-state index is 0.281. The van der Waals surface area contributed by atoms with Crippen LogP contribution in [0.5, 0.6) is 5.88 Å². The molecular weight excluding hydrogens is 354 g/mol. The van der Waals surface area contributed by atoms with E-state index in [1.165, 1.54) is 0 Å². The summed E-state index contributed by atoms with van der Waals surface area (Å²) in [6, 6.07) is 15.5. The number of ether oxygens (including phenoxy) is 2. The van der Waals surface area contributed by atoms with E-state index in [0.717, 1.165) is 11.3 Å². The van der Waals surface area contributed by atoms with Gasteiger partial charge >= 0.3 is 0 Å². The van der Waals surface area contributed by atoms with E-state index in [4.69, 9.17) is 9.47 Å². The van der Waals surface area contributed by atoms with Gasteiger partial charge in [-0.25, -0.2) is 0 Å². The fourth-order valence-corrected chi connectivity index (χ4v) is 3.61. The molecule has 2 heterocycles. The zero-order chi connectivity index (χ0) is 19.7. The molecule has 0 spiro atoms. The minimum Gasteiger partial charge on any atom is -0.470 e. The summed E-state index contributed by atoms with van der Waals surface area (Å²) in [6.07, 6.45) is 3.58. The highest BCUT2D eigenvalue weighted by Gasteiger charge is 2.50. The number of nitrogens with zero attached hydrogens (tertiary/aromatic N) is 3. The molecule has 28 heavy (non-hydrogen) atoms. The van der Waals surface area contributed by atoms with Gasteiger partial charge < -0.3 is 14.6 Å². The highest BCUT2D eigenvalue weighted by atomic mass is 16.6. The number of aliphatic hydroxyl groups is 1. The van der Waals surface area contributed by atoms with Crippen molar-refractivity contribution >= 4 is 0 Å². The van der Waals surface area contributed by atoms with Gasteiger partial charge in [0.25, 0.3) is 0 Å². The zero-order valence-electron chi connectivity index (χ0n) is 15.7. The molecule has 1 aromatic heterocycles. The summed E-state index contributed by atoms with van der Waals surface area (Å²) in [5.74, 6) is 0.0277. The normalized spacial score (nSPS) is 28.0. The molecule has 1 N–H and O–H groups in total. The van der Waals surface area contributed by atoms with Gasteiger partial charge in [-0.3, -0.25) is 0 Å². The lowest BCUT2D eigenvalue weighted by atomic mass is 9.78. The molecule has 1 aromatic carbocycles. The maximum atomic E-state index is 10.9. The molecule has 0 saturated carbocycles. The number of fused-ring (bicyclic) bond motifs is 1. The van der Waals surface area contributed by atoms with E-state index in [1.807, 2.05) is 56.3 Å². The predicted octanol–water partition coefficient (Wildman–Crippen LogP) is 3.07. The van der Waals surface area contributed by atoms with E-state index in [-0.39, 0.29) is 12.0 Å².